The SMILES string of the molecule is CCN(CC(C)(C)CN)C(=O)COc1ccccc1. The lowest BCUT2D eigenvalue weighted by atomic mass is 9.93. The molecule has 0 aliphatic carbocycles. The third-order valence-corrected chi connectivity index (χ3v) is 3.01. The number of rotatable bonds is 7. The molecule has 0 atom stereocenters. The molecule has 1 aromatic rings. The van der Waals surface area contributed by atoms with Crippen LogP contribution in [0.25, 0.3) is 0 Å². The number of amides is 1. The fourth-order valence-electron chi connectivity index (χ4n) is 1.71. The lowest BCUT2D eigenvalue weighted by Crippen LogP contribution is -2.43. The smallest absolute Gasteiger partial charge is 0.260 e. The summed E-state index contributed by atoms with van der Waals surface area (Å²) in [6, 6.07) is 9.36. The summed E-state index contributed by atoms with van der Waals surface area (Å²) in [5.41, 5.74) is 5.63. The number of hydrogen-bond acceptors (Lipinski definition) is 3. The maximum absolute atomic E-state index is 12.1. The Bertz CT molecular complexity index is 390. The summed E-state index contributed by atoms with van der Waals surface area (Å²) in [4.78, 5) is 13.9. The molecule has 1 amide bonds. The molecule has 0 saturated heterocycles. The molecule has 1 aromatic carbocycles. The zero-order valence-electron chi connectivity index (χ0n) is 12.1. The van der Waals surface area contributed by atoms with Crippen molar-refractivity contribution in [2.45, 2.75) is 20.8 Å². The first-order valence-electron chi connectivity index (χ1n) is 6.64. The van der Waals surface area contributed by atoms with Crippen LogP contribution in [0.4, 0.5) is 0 Å². The predicted octanol–water partition coefficient (Wildman–Crippen LogP) is 1.90. The lowest BCUT2D eigenvalue weighted by Gasteiger charge is -2.31. The van der Waals surface area contributed by atoms with Crippen LogP contribution >= 0.6 is 0 Å². The highest BCUT2D eigenvalue weighted by molar-refractivity contribution is 5.77. The molecule has 1 rings (SSSR count). The number of nitrogens with two attached hydrogens (primary N) is 1. The topological polar surface area (TPSA) is 55.6 Å². The second-order valence-electron chi connectivity index (χ2n) is 5.38. The Hall–Kier alpha value is -1.55. The standard InChI is InChI=1S/C15H24N2O2/c1-4-17(12-15(2,3)11-16)14(18)10-19-13-8-6-5-7-9-13/h5-9H,4,10-12,16H2,1-3H3. The van der Waals surface area contributed by atoms with Crippen molar-refractivity contribution in [1.82, 2.24) is 4.90 Å². The van der Waals surface area contributed by atoms with E-state index in [0.29, 0.717) is 25.4 Å². The molecule has 0 aromatic heterocycles. The molecule has 4 heteroatoms. The monoisotopic (exact) mass is 264 g/mol. The van der Waals surface area contributed by atoms with Gasteiger partial charge in [-0.15, -0.1) is 0 Å². The molecular weight excluding hydrogens is 240 g/mol. The van der Waals surface area contributed by atoms with E-state index in [1.807, 2.05) is 37.3 Å². The van der Waals surface area contributed by atoms with E-state index in [9.17, 15) is 4.79 Å². The molecule has 106 valence electrons. The average Bonchev–Trinajstić information content (AvgIpc) is 2.43. The van der Waals surface area contributed by atoms with Gasteiger partial charge in [-0.2, -0.15) is 0 Å². The molecular formula is C15H24N2O2. The molecule has 19 heavy (non-hydrogen) atoms. The van der Waals surface area contributed by atoms with E-state index in [1.54, 1.807) is 4.90 Å². The van der Waals surface area contributed by atoms with Crippen LogP contribution in [0.15, 0.2) is 30.3 Å². The van der Waals surface area contributed by atoms with Crippen molar-refractivity contribution in [3.05, 3.63) is 30.3 Å². The van der Waals surface area contributed by atoms with Gasteiger partial charge in [0.05, 0.1) is 0 Å². The van der Waals surface area contributed by atoms with Gasteiger partial charge in [-0.3, -0.25) is 4.79 Å². The fraction of sp³-hybridized carbons (Fsp3) is 0.533. The van der Waals surface area contributed by atoms with Crippen LogP contribution in [0.1, 0.15) is 20.8 Å². The molecule has 0 aliphatic heterocycles. The Morgan fingerprint density at radius 1 is 1.32 bits per heavy atom. The minimum Gasteiger partial charge on any atom is -0.484 e. The highest BCUT2D eigenvalue weighted by Crippen LogP contribution is 2.15. The summed E-state index contributed by atoms with van der Waals surface area (Å²) in [6.45, 7) is 8.02. The normalized spacial score (nSPS) is 11.2. The maximum Gasteiger partial charge on any atom is 0.260 e. The highest BCUT2D eigenvalue weighted by Gasteiger charge is 2.22. The van der Waals surface area contributed by atoms with Crippen molar-refractivity contribution < 1.29 is 9.53 Å². The number of carbonyl (C=O) groups excluding carboxylic acids is 1. The number of benzene rings is 1. The van der Waals surface area contributed by atoms with E-state index in [2.05, 4.69) is 13.8 Å². The Morgan fingerprint density at radius 3 is 2.47 bits per heavy atom. The first kappa shape index (κ1) is 15.5. The van der Waals surface area contributed by atoms with Gasteiger partial charge in [-0.1, -0.05) is 32.0 Å². The van der Waals surface area contributed by atoms with E-state index in [4.69, 9.17) is 10.5 Å². The zero-order chi connectivity index (χ0) is 14.3. The second kappa shape index (κ2) is 7.14. The van der Waals surface area contributed by atoms with Gasteiger partial charge in [-0.25, -0.2) is 0 Å². The summed E-state index contributed by atoms with van der Waals surface area (Å²) in [5, 5.41) is 0. The summed E-state index contributed by atoms with van der Waals surface area (Å²) >= 11 is 0. The summed E-state index contributed by atoms with van der Waals surface area (Å²) in [7, 11) is 0. The van der Waals surface area contributed by atoms with Crippen molar-refractivity contribution in [2.24, 2.45) is 11.1 Å². The van der Waals surface area contributed by atoms with Gasteiger partial charge in [0, 0.05) is 13.1 Å². The lowest BCUT2D eigenvalue weighted by molar-refractivity contribution is -0.134. The number of likely N-dealkylation sites (N-methyl/N-ethyl adjacent to an activating group) is 1. The summed E-state index contributed by atoms with van der Waals surface area (Å²) in [5.74, 6) is 0.706. The Kier molecular flexibility index (Phi) is 5.83. The van der Waals surface area contributed by atoms with E-state index < -0.39 is 0 Å². The van der Waals surface area contributed by atoms with Crippen molar-refractivity contribution in [3.63, 3.8) is 0 Å². The van der Waals surface area contributed by atoms with Crippen molar-refractivity contribution in [1.29, 1.82) is 0 Å². The Balaban J connectivity index is 2.50. The minimum absolute atomic E-state index is 0.00659. The molecule has 0 fully saturated rings. The van der Waals surface area contributed by atoms with Crippen LogP contribution in [0.2, 0.25) is 0 Å². The van der Waals surface area contributed by atoms with E-state index in [0.717, 1.165) is 0 Å². The summed E-state index contributed by atoms with van der Waals surface area (Å²) < 4.78 is 5.48. The van der Waals surface area contributed by atoms with Crippen molar-refractivity contribution >= 4 is 5.91 Å². The molecule has 0 unspecified atom stereocenters. The van der Waals surface area contributed by atoms with Gasteiger partial charge < -0.3 is 15.4 Å². The first-order chi connectivity index (χ1) is 8.98. The predicted molar refractivity (Wildman–Crippen MR) is 77.0 cm³/mol. The van der Waals surface area contributed by atoms with Gasteiger partial charge in [0.1, 0.15) is 5.75 Å². The van der Waals surface area contributed by atoms with E-state index >= 15 is 0 Å². The van der Waals surface area contributed by atoms with Crippen molar-refractivity contribution in [3.8, 4) is 5.75 Å². The second-order valence-corrected chi connectivity index (χ2v) is 5.38. The molecule has 0 spiro atoms. The number of para-hydroxylation sites is 1. The Labute approximate surface area is 115 Å². The van der Waals surface area contributed by atoms with Gasteiger partial charge in [0.2, 0.25) is 0 Å². The molecule has 0 radical (unpaired) electrons. The maximum atomic E-state index is 12.1. The number of nitrogens with zero attached hydrogens (tertiary/aromatic N) is 1. The molecule has 0 bridgehead atoms. The van der Waals surface area contributed by atoms with E-state index in [-0.39, 0.29) is 17.9 Å². The van der Waals surface area contributed by atoms with Crippen LogP contribution < -0.4 is 10.5 Å². The largest absolute Gasteiger partial charge is 0.484 e. The van der Waals surface area contributed by atoms with Gasteiger partial charge in [0.25, 0.3) is 5.91 Å². The molecule has 0 aliphatic rings. The third kappa shape index (κ3) is 5.30. The van der Waals surface area contributed by atoms with Gasteiger partial charge >= 0.3 is 0 Å². The molecule has 2 N–H and O–H groups in total. The average molecular weight is 264 g/mol. The van der Waals surface area contributed by atoms with Gasteiger partial charge in [0.15, 0.2) is 6.61 Å². The highest BCUT2D eigenvalue weighted by atomic mass is 16.5. The first-order valence-corrected chi connectivity index (χ1v) is 6.64. The van der Waals surface area contributed by atoms with Crippen LogP contribution in [-0.4, -0.2) is 37.0 Å². The molecule has 0 saturated carbocycles. The number of hydrogen-bond donors (Lipinski definition) is 1. The minimum atomic E-state index is -0.0710. The number of carbonyl (C=O) groups is 1. The van der Waals surface area contributed by atoms with Crippen LogP contribution in [0, 0.1) is 5.41 Å². The van der Waals surface area contributed by atoms with Crippen LogP contribution in [0.3, 0.4) is 0 Å². The quantitative estimate of drug-likeness (QED) is 0.818. The van der Waals surface area contributed by atoms with Crippen LogP contribution in [-0.2, 0) is 4.79 Å². The zero-order valence-corrected chi connectivity index (χ0v) is 12.1. The fourth-order valence-corrected chi connectivity index (χ4v) is 1.71. The summed E-state index contributed by atoms with van der Waals surface area (Å²) in [6.07, 6.45) is 0. The van der Waals surface area contributed by atoms with Crippen LogP contribution in [0.5, 0.6) is 5.75 Å². The molecule has 4 nitrogen and oxygen atoms in total. The van der Waals surface area contributed by atoms with Crippen molar-refractivity contribution in [2.75, 3.05) is 26.2 Å². The third-order valence-electron chi connectivity index (χ3n) is 3.01. The van der Waals surface area contributed by atoms with E-state index in [1.165, 1.54) is 0 Å². The molecule has 0 heterocycles. The number of ether oxygens (including phenoxy) is 1. The Morgan fingerprint density at radius 2 is 1.95 bits per heavy atom. The van der Waals surface area contributed by atoms with Gasteiger partial charge in [-0.05, 0) is 31.0 Å².